The molecule has 2 atom stereocenters. The van der Waals surface area contributed by atoms with Crippen LogP contribution in [0.2, 0.25) is 0 Å². The Morgan fingerprint density at radius 2 is 1.83 bits per heavy atom. The number of halogens is 1. The minimum atomic E-state index is -0.235. The van der Waals surface area contributed by atoms with Gasteiger partial charge in [-0.25, -0.2) is 4.39 Å². The van der Waals surface area contributed by atoms with Gasteiger partial charge in [0.25, 0.3) is 0 Å². The smallest absolute Gasteiger partial charge is 0.223 e. The number of hydrogen-bond donors (Lipinski definition) is 1. The maximum atomic E-state index is 13.4. The van der Waals surface area contributed by atoms with Gasteiger partial charge in [0.05, 0.1) is 20.3 Å². The van der Waals surface area contributed by atoms with Crippen molar-refractivity contribution in [1.82, 2.24) is 10.2 Å². The average Bonchev–Trinajstić information content (AvgIpc) is 3.59. The molecule has 1 aliphatic carbocycles. The molecular weight excluding hydrogens is 383 g/mol. The number of benzene rings is 2. The van der Waals surface area contributed by atoms with Crippen LogP contribution < -0.4 is 14.8 Å². The molecule has 6 heteroatoms. The van der Waals surface area contributed by atoms with E-state index in [0.29, 0.717) is 12.3 Å². The summed E-state index contributed by atoms with van der Waals surface area (Å²) in [4.78, 5) is 14.8. The lowest BCUT2D eigenvalue weighted by Gasteiger charge is -2.41. The van der Waals surface area contributed by atoms with Crippen LogP contribution in [0.25, 0.3) is 0 Å². The van der Waals surface area contributed by atoms with E-state index in [1.807, 2.05) is 24.3 Å². The van der Waals surface area contributed by atoms with E-state index in [-0.39, 0.29) is 29.7 Å². The van der Waals surface area contributed by atoms with Crippen molar-refractivity contribution >= 4 is 5.91 Å². The van der Waals surface area contributed by atoms with E-state index >= 15 is 0 Å². The Labute approximate surface area is 177 Å². The van der Waals surface area contributed by atoms with Gasteiger partial charge in [0.1, 0.15) is 5.82 Å². The Morgan fingerprint density at radius 3 is 2.47 bits per heavy atom. The second-order valence-electron chi connectivity index (χ2n) is 8.27. The summed E-state index contributed by atoms with van der Waals surface area (Å²) in [6.07, 6.45) is 2.82. The van der Waals surface area contributed by atoms with Crippen molar-refractivity contribution in [3.05, 3.63) is 58.9 Å². The van der Waals surface area contributed by atoms with Gasteiger partial charge in [0.15, 0.2) is 11.5 Å². The van der Waals surface area contributed by atoms with Crippen molar-refractivity contribution in [2.45, 2.75) is 44.8 Å². The highest BCUT2D eigenvalue weighted by atomic mass is 19.1. The summed E-state index contributed by atoms with van der Waals surface area (Å²) in [6.45, 7) is 3.59. The fourth-order valence-electron chi connectivity index (χ4n) is 4.38. The fraction of sp³-hybridized carbons (Fsp3) is 0.458. The molecule has 1 heterocycles. The molecule has 2 aliphatic rings. The highest BCUT2D eigenvalue weighted by molar-refractivity contribution is 5.81. The minimum Gasteiger partial charge on any atom is -0.493 e. The van der Waals surface area contributed by atoms with E-state index in [9.17, 15) is 9.18 Å². The first kappa shape index (κ1) is 20.7. The third kappa shape index (κ3) is 4.29. The standard InChI is InChI=1S/C24H29FN2O3/c1-15(26-24(28)17-6-7-17)23-20-13-22(30-3)21(29-2)12-18(20)10-11-27(23)14-16-4-8-19(25)9-5-16/h4-5,8-9,12-13,15,17,23H,6-7,10-11,14H2,1-3H3,(H,26,28)/t15-,23-/m0/s1. The third-order valence-corrected chi connectivity index (χ3v) is 6.12. The van der Waals surface area contributed by atoms with Crippen molar-refractivity contribution in [2.24, 2.45) is 5.92 Å². The van der Waals surface area contributed by atoms with E-state index in [2.05, 4.69) is 17.1 Å². The number of amides is 1. The van der Waals surface area contributed by atoms with Gasteiger partial charge in [0, 0.05) is 25.0 Å². The lowest BCUT2D eigenvalue weighted by Crippen LogP contribution is -2.47. The zero-order valence-electron chi connectivity index (χ0n) is 17.8. The number of carbonyl (C=O) groups is 1. The first-order valence-corrected chi connectivity index (χ1v) is 10.5. The predicted octanol–water partition coefficient (Wildman–Crippen LogP) is 3.86. The van der Waals surface area contributed by atoms with Gasteiger partial charge in [-0.2, -0.15) is 0 Å². The SMILES string of the molecule is COc1cc2c(cc1OC)[C@H]([C@H](C)NC(=O)C1CC1)N(Cc1ccc(F)cc1)CC2. The summed E-state index contributed by atoms with van der Waals surface area (Å²) in [5.74, 6) is 1.46. The van der Waals surface area contributed by atoms with E-state index in [0.717, 1.165) is 42.7 Å². The van der Waals surface area contributed by atoms with E-state index < -0.39 is 0 Å². The monoisotopic (exact) mass is 412 g/mol. The maximum absolute atomic E-state index is 13.4. The molecule has 0 unspecified atom stereocenters. The van der Waals surface area contributed by atoms with Crippen LogP contribution in [0.4, 0.5) is 4.39 Å². The normalized spacial score (nSPS) is 19.7. The van der Waals surface area contributed by atoms with Crippen LogP contribution in [0.5, 0.6) is 11.5 Å². The van der Waals surface area contributed by atoms with Gasteiger partial charge >= 0.3 is 0 Å². The first-order chi connectivity index (χ1) is 14.5. The Kier molecular flexibility index (Phi) is 5.95. The van der Waals surface area contributed by atoms with Gasteiger partial charge in [-0.1, -0.05) is 12.1 Å². The first-order valence-electron chi connectivity index (χ1n) is 10.5. The molecule has 0 bridgehead atoms. The molecule has 1 N–H and O–H groups in total. The number of nitrogens with zero attached hydrogens (tertiary/aromatic N) is 1. The second kappa shape index (κ2) is 8.64. The number of ether oxygens (including phenoxy) is 2. The molecule has 30 heavy (non-hydrogen) atoms. The molecule has 1 amide bonds. The molecule has 2 aromatic carbocycles. The zero-order chi connectivity index (χ0) is 21.3. The number of hydrogen-bond acceptors (Lipinski definition) is 4. The molecule has 5 nitrogen and oxygen atoms in total. The molecule has 160 valence electrons. The average molecular weight is 413 g/mol. The predicted molar refractivity (Wildman–Crippen MR) is 113 cm³/mol. The molecule has 0 spiro atoms. The van der Waals surface area contributed by atoms with Crippen molar-refractivity contribution < 1.29 is 18.7 Å². The molecule has 4 rings (SSSR count). The Bertz CT molecular complexity index is 911. The van der Waals surface area contributed by atoms with Crippen molar-refractivity contribution in [2.75, 3.05) is 20.8 Å². The highest BCUT2D eigenvalue weighted by Gasteiger charge is 2.36. The van der Waals surface area contributed by atoms with Crippen LogP contribution >= 0.6 is 0 Å². The zero-order valence-corrected chi connectivity index (χ0v) is 17.8. The van der Waals surface area contributed by atoms with Gasteiger partial charge in [0.2, 0.25) is 5.91 Å². The topological polar surface area (TPSA) is 50.8 Å². The van der Waals surface area contributed by atoms with Crippen LogP contribution in [0.15, 0.2) is 36.4 Å². The molecule has 0 saturated heterocycles. The van der Waals surface area contributed by atoms with Crippen LogP contribution in [-0.2, 0) is 17.8 Å². The Hall–Kier alpha value is -2.60. The number of fused-ring (bicyclic) bond motifs is 1. The van der Waals surface area contributed by atoms with Crippen LogP contribution in [0, 0.1) is 11.7 Å². The maximum Gasteiger partial charge on any atom is 0.223 e. The molecule has 1 saturated carbocycles. The van der Waals surface area contributed by atoms with Gasteiger partial charge in [-0.05, 0) is 67.1 Å². The lowest BCUT2D eigenvalue weighted by molar-refractivity contribution is -0.123. The Morgan fingerprint density at radius 1 is 1.17 bits per heavy atom. The number of rotatable bonds is 7. The highest BCUT2D eigenvalue weighted by Crippen LogP contribution is 2.40. The van der Waals surface area contributed by atoms with Gasteiger partial charge in [-0.15, -0.1) is 0 Å². The number of nitrogens with one attached hydrogen (secondary N) is 1. The summed E-state index contributed by atoms with van der Waals surface area (Å²) < 4.78 is 24.4. The Balaban J connectivity index is 1.67. The molecule has 0 aromatic heterocycles. The lowest BCUT2D eigenvalue weighted by atomic mass is 9.87. The van der Waals surface area contributed by atoms with Gasteiger partial charge in [-0.3, -0.25) is 9.69 Å². The third-order valence-electron chi connectivity index (χ3n) is 6.12. The van der Waals surface area contributed by atoms with Crippen molar-refractivity contribution in [3.8, 4) is 11.5 Å². The number of methoxy groups -OCH3 is 2. The van der Waals surface area contributed by atoms with Crippen LogP contribution in [0.3, 0.4) is 0 Å². The largest absolute Gasteiger partial charge is 0.493 e. The van der Waals surface area contributed by atoms with Crippen LogP contribution in [-0.4, -0.2) is 37.6 Å². The summed E-state index contributed by atoms with van der Waals surface area (Å²) in [5, 5.41) is 3.23. The van der Waals surface area contributed by atoms with Crippen molar-refractivity contribution in [1.29, 1.82) is 0 Å². The molecular formula is C24H29FN2O3. The summed E-state index contributed by atoms with van der Waals surface area (Å²) in [7, 11) is 3.28. The molecule has 2 aromatic rings. The summed E-state index contributed by atoms with van der Waals surface area (Å²) >= 11 is 0. The summed E-state index contributed by atoms with van der Waals surface area (Å²) in [6, 6.07) is 10.6. The minimum absolute atomic E-state index is 0.0127. The second-order valence-corrected chi connectivity index (χ2v) is 8.27. The van der Waals surface area contributed by atoms with Crippen LogP contribution in [0.1, 0.15) is 42.5 Å². The van der Waals surface area contributed by atoms with Crippen molar-refractivity contribution in [3.63, 3.8) is 0 Å². The van der Waals surface area contributed by atoms with E-state index in [1.165, 1.54) is 17.7 Å². The summed E-state index contributed by atoms with van der Waals surface area (Å²) in [5.41, 5.74) is 3.40. The van der Waals surface area contributed by atoms with E-state index in [4.69, 9.17) is 9.47 Å². The quantitative estimate of drug-likeness (QED) is 0.750. The molecule has 1 aliphatic heterocycles. The number of carbonyl (C=O) groups excluding carboxylic acids is 1. The van der Waals surface area contributed by atoms with Gasteiger partial charge < -0.3 is 14.8 Å². The molecule has 1 fully saturated rings. The fourth-order valence-corrected chi connectivity index (χ4v) is 4.38. The molecule has 0 radical (unpaired) electrons. The van der Waals surface area contributed by atoms with E-state index in [1.54, 1.807) is 14.2 Å².